The van der Waals surface area contributed by atoms with Crippen LogP contribution in [-0.2, 0) is 11.2 Å². The molecule has 4 N–H and O–H groups in total. The number of nitrogens with zero attached hydrogens (tertiary/aromatic N) is 1. The second-order valence-corrected chi connectivity index (χ2v) is 5.98. The number of aliphatic hydroxyl groups is 2. The van der Waals surface area contributed by atoms with Crippen LogP contribution in [0.4, 0.5) is 0 Å². The standard InChI is InChI=1S/C9H14NO5P/c1-5-8(12)7(4-11)6(3-10-5)9(13)16(2,14)15/h3,9,11-13H,4H2,1-2H3,(H,14,15). The maximum Gasteiger partial charge on any atom is 0.229 e. The van der Waals surface area contributed by atoms with Gasteiger partial charge in [-0.05, 0) is 6.92 Å². The molecule has 1 aromatic heterocycles. The number of aryl methyl sites for hydroxylation is 1. The molecule has 1 heterocycles. The van der Waals surface area contributed by atoms with Crippen LogP contribution < -0.4 is 0 Å². The largest absolute Gasteiger partial charge is 0.506 e. The Kier molecular flexibility index (Phi) is 3.70. The Labute approximate surface area is 92.7 Å². The minimum absolute atomic E-state index is 0.0242. The second-order valence-electron chi connectivity index (χ2n) is 3.60. The average molecular weight is 247 g/mol. The normalized spacial score (nSPS) is 16.8. The van der Waals surface area contributed by atoms with Crippen LogP contribution in [0.15, 0.2) is 6.20 Å². The summed E-state index contributed by atoms with van der Waals surface area (Å²) in [6.45, 7) is 1.98. The van der Waals surface area contributed by atoms with Gasteiger partial charge >= 0.3 is 0 Å². The Balaban J connectivity index is 3.35. The van der Waals surface area contributed by atoms with Crippen molar-refractivity contribution in [1.82, 2.24) is 4.98 Å². The molecule has 0 aliphatic heterocycles. The molecule has 90 valence electrons. The van der Waals surface area contributed by atoms with E-state index in [1.54, 1.807) is 0 Å². The summed E-state index contributed by atoms with van der Waals surface area (Å²) in [5.41, 5.74) is 0.277. The predicted molar refractivity (Wildman–Crippen MR) is 57.3 cm³/mol. The van der Waals surface area contributed by atoms with E-state index in [1.165, 1.54) is 13.1 Å². The fourth-order valence-electron chi connectivity index (χ4n) is 1.31. The summed E-state index contributed by atoms with van der Waals surface area (Å²) in [6, 6.07) is 0. The van der Waals surface area contributed by atoms with Crippen LogP contribution in [0.3, 0.4) is 0 Å². The molecule has 6 nitrogen and oxygen atoms in total. The molecule has 0 radical (unpaired) electrons. The predicted octanol–water partition coefficient (Wildman–Crippen LogP) is 0.479. The molecule has 0 aliphatic rings. The first kappa shape index (κ1) is 13.1. The number of rotatable bonds is 3. The highest BCUT2D eigenvalue weighted by atomic mass is 31.2. The summed E-state index contributed by atoms with van der Waals surface area (Å²) >= 11 is 0. The van der Waals surface area contributed by atoms with E-state index in [1.807, 2.05) is 0 Å². The van der Waals surface area contributed by atoms with Gasteiger partial charge < -0.3 is 20.2 Å². The SMILES string of the molecule is Cc1ncc(C(O)P(C)(=O)O)c(CO)c1O. The van der Waals surface area contributed by atoms with E-state index in [9.17, 15) is 19.7 Å². The van der Waals surface area contributed by atoms with Gasteiger partial charge in [-0.3, -0.25) is 9.55 Å². The number of aromatic hydroxyl groups is 1. The van der Waals surface area contributed by atoms with Crippen LogP contribution in [0.2, 0.25) is 0 Å². The van der Waals surface area contributed by atoms with E-state index in [0.717, 1.165) is 6.66 Å². The molecule has 0 spiro atoms. The average Bonchev–Trinajstić information content (AvgIpc) is 2.19. The molecule has 1 rings (SSSR count). The Hall–Kier alpha value is -0.940. The Morgan fingerprint density at radius 3 is 2.56 bits per heavy atom. The zero-order valence-corrected chi connectivity index (χ0v) is 9.85. The molecule has 1 aromatic rings. The van der Waals surface area contributed by atoms with Gasteiger partial charge in [-0.1, -0.05) is 0 Å². The van der Waals surface area contributed by atoms with Crippen LogP contribution in [0.1, 0.15) is 22.7 Å². The topological polar surface area (TPSA) is 111 Å². The lowest BCUT2D eigenvalue weighted by Crippen LogP contribution is -2.05. The van der Waals surface area contributed by atoms with Gasteiger partial charge in [0.15, 0.2) is 5.85 Å². The lowest BCUT2D eigenvalue weighted by molar-refractivity contribution is 0.225. The van der Waals surface area contributed by atoms with Gasteiger partial charge in [0.1, 0.15) is 5.75 Å². The van der Waals surface area contributed by atoms with E-state index < -0.39 is 19.8 Å². The van der Waals surface area contributed by atoms with Gasteiger partial charge in [0.05, 0.1) is 12.3 Å². The molecule has 16 heavy (non-hydrogen) atoms. The summed E-state index contributed by atoms with van der Waals surface area (Å²) in [6.07, 6.45) is 1.18. The van der Waals surface area contributed by atoms with E-state index in [0.29, 0.717) is 0 Å². The summed E-state index contributed by atoms with van der Waals surface area (Å²) < 4.78 is 11.3. The molecule has 0 saturated carbocycles. The van der Waals surface area contributed by atoms with Gasteiger partial charge in [-0.25, -0.2) is 0 Å². The Morgan fingerprint density at radius 2 is 2.12 bits per heavy atom. The van der Waals surface area contributed by atoms with Crippen molar-refractivity contribution < 1.29 is 24.8 Å². The highest BCUT2D eigenvalue weighted by Crippen LogP contribution is 2.51. The number of hydrogen-bond acceptors (Lipinski definition) is 5. The molecule has 2 atom stereocenters. The third kappa shape index (κ3) is 2.41. The Morgan fingerprint density at radius 1 is 1.56 bits per heavy atom. The number of aromatic nitrogens is 1. The molecule has 0 bridgehead atoms. The number of hydrogen-bond donors (Lipinski definition) is 4. The highest BCUT2D eigenvalue weighted by Gasteiger charge is 2.28. The molecular formula is C9H14NO5P. The van der Waals surface area contributed by atoms with E-state index in [-0.39, 0.29) is 22.6 Å². The maximum atomic E-state index is 11.3. The van der Waals surface area contributed by atoms with Crippen molar-refractivity contribution in [2.45, 2.75) is 19.4 Å². The first-order valence-corrected chi connectivity index (χ1v) is 6.72. The van der Waals surface area contributed by atoms with Crippen molar-refractivity contribution >= 4 is 7.37 Å². The monoisotopic (exact) mass is 247 g/mol. The molecule has 0 fully saturated rings. The van der Waals surface area contributed by atoms with Crippen molar-refractivity contribution in [1.29, 1.82) is 0 Å². The maximum absolute atomic E-state index is 11.3. The lowest BCUT2D eigenvalue weighted by atomic mass is 10.1. The number of pyridine rings is 1. The second kappa shape index (κ2) is 4.51. The van der Waals surface area contributed by atoms with E-state index in [2.05, 4.69) is 4.98 Å². The fraction of sp³-hybridized carbons (Fsp3) is 0.444. The van der Waals surface area contributed by atoms with Crippen LogP contribution in [-0.4, -0.2) is 31.9 Å². The van der Waals surface area contributed by atoms with Gasteiger partial charge in [0, 0.05) is 24.0 Å². The van der Waals surface area contributed by atoms with Crippen LogP contribution in [0.5, 0.6) is 5.75 Å². The van der Waals surface area contributed by atoms with Crippen molar-refractivity contribution in [3.8, 4) is 5.75 Å². The highest BCUT2D eigenvalue weighted by molar-refractivity contribution is 7.57. The molecule has 2 unspecified atom stereocenters. The minimum atomic E-state index is -3.76. The fourth-order valence-corrected chi connectivity index (χ4v) is 2.05. The van der Waals surface area contributed by atoms with Gasteiger partial charge in [-0.15, -0.1) is 0 Å². The third-order valence-corrected chi connectivity index (χ3v) is 3.45. The Bertz CT molecular complexity index is 442. The molecule has 7 heteroatoms. The summed E-state index contributed by atoms with van der Waals surface area (Å²) in [5, 5.41) is 28.3. The molecule has 0 saturated heterocycles. The van der Waals surface area contributed by atoms with Crippen molar-refractivity contribution in [2.24, 2.45) is 0 Å². The zero-order chi connectivity index (χ0) is 12.5. The van der Waals surface area contributed by atoms with Crippen molar-refractivity contribution in [2.75, 3.05) is 6.66 Å². The van der Waals surface area contributed by atoms with Crippen LogP contribution in [0, 0.1) is 6.92 Å². The molecular weight excluding hydrogens is 233 g/mol. The van der Waals surface area contributed by atoms with Crippen LogP contribution >= 0.6 is 7.37 Å². The van der Waals surface area contributed by atoms with Gasteiger partial charge in [0.2, 0.25) is 7.37 Å². The number of aliphatic hydroxyl groups excluding tert-OH is 2. The third-order valence-electron chi connectivity index (χ3n) is 2.26. The first-order chi connectivity index (χ1) is 7.29. The summed E-state index contributed by atoms with van der Waals surface area (Å²) in [5.74, 6) is -1.93. The summed E-state index contributed by atoms with van der Waals surface area (Å²) in [7, 11) is -3.76. The quantitative estimate of drug-likeness (QED) is 0.578. The molecule has 0 amide bonds. The van der Waals surface area contributed by atoms with E-state index in [4.69, 9.17) is 5.11 Å². The molecule has 0 aliphatic carbocycles. The first-order valence-electron chi connectivity index (χ1n) is 4.55. The molecule has 0 aromatic carbocycles. The van der Waals surface area contributed by atoms with Gasteiger partial charge in [0.25, 0.3) is 0 Å². The smallest absolute Gasteiger partial charge is 0.229 e. The van der Waals surface area contributed by atoms with Crippen molar-refractivity contribution in [3.63, 3.8) is 0 Å². The van der Waals surface area contributed by atoms with Crippen molar-refractivity contribution in [3.05, 3.63) is 23.0 Å². The minimum Gasteiger partial charge on any atom is -0.506 e. The van der Waals surface area contributed by atoms with Gasteiger partial charge in [-0.2, -0.15) is 0 Å². The lowest BCUT2D eigenvalue weighted by Gasteiger charge is -2.18. The van der Waals surface area contributed by atoms with E-state index >= 15 is 0 Å². The van der Waals surface area contributed by atoms with Crippen LogP contribution in [0.25, 0.3) is 0 Å². The summed E-state index contributed by atoms with van der Waals surface area (Å²) in [4.78, 5) is 13.0. The zero-order valence-electron chi connectivity index (χ0n) is 8.95.